The summed E-state index contributed by atoms with van der Waals surface area (Å²) in [5, 5.41) is 11.0. The average molecular weight is 421 g/mol. The molecule has 1 N–H and O–H groups in total. The molecular weight excluding hydrogens is 398 g/mol. The van der Waals surface area contributed by atoms with Crippen molar-refractivity contribution >= 4 is 33.3 Å². The molecule has 0 unspecified atom stereocenters. The highest BCUT2D eigenvalue weighted by Gasteiger charge is 2.36. The van der Waals surface area contributed by atoms with Crippen LogP contribution in [-0.4, -0.2) is 61.3 Å². The molecule has 0 aliphatic carbocycles. The van der Waals surface area contributed by atoms with Gasteiger partial charge in [-0.05, 0) is 44.5 Å². The van der Waals surface area contributed by atoms with Crippen LogP contribution in [0.1, 0.15) is 37.0 Å². The number of carbonyl (C=O) groups is 3. The fourth-order valence-electron chi connectivity index (χ4n) is 3.09. The highest BCUT2D eigenvalue weighted by Crippen LogP contribution is 2.19. The largest absolute Gasteiger partial charge is 0.449 e. The second kappa shape index (κ2) is 9.52. The zero-order chi connectivity index (χ0) is 21.6. The van der Waals surface area contributed by atoms with Gasteiger partial charge in [-0.25, -0.2) is 13.2 Å². The first-order valence-corrected chi connectivity index (χ1v) is 11.0. The van der Waals surface area contributed by atoms with Crippen LogP contribution < -0.4 is 5.32 Å². The SMILES string of the molecule is CCN(C(=O)[C@H](C)OC(=O)c1ccc(NC(=O)CC#N)cc1)[C@@H]1CCS(=O)(=O)C1. The van der Waals surface area contributed by atoms with Gasteiger partial charge < -0.3 is 15.0 Å². The molecule has 2 amide bonds. The van der Waals surface area contributed by atoms with E-state index in [4.69, 9.17) is 10.00 Å². The first kappa shape index (κ1) is 22.4. The molecule has 156 valence electrons. The van der Waals surface area contributed by atoms with Crippen LogP contribution in [0, 0.1) is 11.3 Å². The van der Waals surface area contributed by atoms with Crippen LogP contribution in [0.4, 0.5) is 5.69 Å². The second-order valence-corrected chi connectivity index (χ2v) is 8.92. The van der Waals surface area contributed by atoms with E-state index in [2.05, 4.69) is 5.32 Å². The number of rotatable bonds is 7. The number of hydrogen-bond acceptors (Lipinski definition) is 7. The lowest BCUT2D eigenvalue weighted by atomic mass is 10.2. The number of likely N-dealkylation sites (N-methyl/N-ethyl adjacent to an activating group) is 1. The van der Waals surface area contributed by atoms with Crippen molar-refractivity contribution in [2.75, 3.05) is 23.4 Å². The average Bonchev–Trinajstić information content (AvgIpc) is 3.02. The van der Waals surface area contributed by atoms with E-state index < -0.39 is 39.8 Å². The van der Waals surface area contributed by atoms with Crippen molar-refractivity contribution in [2.24, 2.45) is 0 Å². The summed E-state index contributed by atoms with van der Waals surface area (Å²) in [5.74, 6) is -1.64. The van der Waals surface area contributed by atoms with Crippen LogP contribution in [0.3, 0.4) is 0 Å². The minimum atomic E-state index is -3.14. The smallest absolute Gasteiger partial charge is 0.338 e. The van der Waals surface area contributed by atoms with Gasteiger partial charge in [-0.2, -0.15) is 5.26 Å². The summed E-state index contributed by atoms with van der Waals surface area (Å²) >= 11 is 0. The molecule has 1 fully saturated rings. The van der Waals surface area contributed by atoms with E-state index in [0.717, 1.165) is 0 Å². The summed E-state index contributed by atoms with van der Waals surface area (Å²) in [4.78, 5) is 37.8. The van der Waals surface area contributed by atoms with Crippen molar-refractivity contribution in [1.82, 2.24) is 4.90 Å². The van der Waals surface area contributed by atoms with E-state index >= 15 is 0 Å². The Bertz CT molecular complexity index is 920. The Kier molecular flexibility index (Phi) is 7.34. The van der Waals surface area contributed by atoms with E-state index in [9.17, 15) is 22.8 Å². The second-order valence-electron chi connectivity index (χ2n) is 6.69. The molecular formula is C19H23N3O6S. The van der Waals surface area contributed by atoms with Crippen molar-refractivity contribution in [3.63, 3.8) is 0 Å². The van der Waals surface area contributed by atoms with Gasteiger partial charge in [0.1, 0.15) is 6.42 Å². The molecule has 1 saturated heterocycles. The normalized spacial score (nSPS) is 18.3. The van der Waals surface area contributed by atoms with Crippen molar-refractivity contribution in [1.29, 1.82) is 5.26 Å². The van der Waals surface area contributed by atoms with Crippen LogP contribution in [0.25, 0.3) is 0 Å². The number of benzene rings is 1. The summed E-state index contributed by atoms with van der Waals surface area (Å²) in [7, 11) is -3.14. The summed E-state index contributed by atoms with van der Waals surface area (Å²) in [6, 6.07) is 7.16. The lowest BCUT2D eigenvalue weighted by molar-refractivity contribution is -0.141. The van der Waals surface area contributed by atoms with Gasteiger partial charge in [0.05, 0.1) is 23.1 Å². The monoisotopic (exact) mass is 421 g/mol. The maximum Gasteiger partial charge on any atom is 0.338 e. The Balaban J connectivity index is 1.97. The van der Waals surface area contributed by atoms with Crippen molar-refractivity contribution < 1.29 is 27.5 Å². The standard InChI is InChI=1S/C19H23N3O6S/c1-3-22(16-9-11-29(26,27)12-16)18(24)13(2)28-19(25)14-4-6-15(7-5-14)21-17(23)8-10-20/h4-7,13,16H,3,8-9,11-12H2,1-2H3,(H,21,23)/t13-,16+/m0/s1. The third-order valence-electron chi connectivity index (χ3n) is 4.55. The van der Waals surface area contributed by atoms with E-state index in [1.54, 1.807) is 13.0 Å². The zero-order valence-electron chi connectivity index (χ0n) is 16.3. The highest BCUT2D eigenvalue weighted by molar-refractivity contribution is 7.91. The number of nitriles is 1. The lowest BCUT2D eigenvalue weighted by Gasteiger charge is -2.29. The van der Waals surface area contributed by atoms with E-state index in [1.165, 1.54) is 36.1 Å². The molecule has 1 aliphatic rings. The van der Waals surface area contributed by atoms with Crippen molar-refractivity contribution in [3.8, 4) is 6.07 Å². The molecule has 1 heterocycles. The molecule has 2 rings (SSSR count). The number of hydrogen-bond donors (Lipinski definition) is 1. The Hall–Kier alpha value is -2.93. The Morgan fingerprint density at radius 1 is 1.31 bits per heavy atom. The third kappa shape index (κ3) is 6.02. The molecule has 1 aromatic rings. The molecule has 0 aromatic heterocycles. The maximum atomic E-state index is 12.7. The Labute approximate surface area is 169 Å². The maximum absolute atomic E-state index is 12.7. The van der Waals surface area contributed by atoms with Gasteiger partial charge in [-0.15, -0.1) is 0 Å². The van der Waals surface area contributed by atoms with Crippen LogP contribution >= 0.6 is 0 Å². The molecule has 0 spiro atoms. The lowest BCUT2D eigenvalue weighted by Crippen LogP contribution is -2.46. The molecule has 0 radical (unpaired) electrons. The predicted molar refractivity (Wildman–Crippen MR) is 105 cm³/mol. The van der Waals surface area contributed by atoms with Crippen LogP contribution in [-0.2, 0) is 24.2 Å². The van der Waals surface area contributed by atoms with Gasteiger partial charge in [-0.3, -0.25) is 9.59 Å². The Morgan fingerprint density at radius 3 is 2.48 bits per heavy atom. The van der Waals surface area contributed by atoms with Crippen LogP contribution in [0.2, 0.25) is 0 Å². The van der Waals surface area contributed by atoms with Gasteiger partial charge in [-0.1, -0.05) is 0 Å². The zero-order valence-corrected chi connectivity index (χ0v) is 17.1. The van der Waals surface area contributed by atoms with Crippen molar-refractivity contribution in [3.05, 3.63) is 29.8 Å². The molecule has 0 bridgehead atoms. The number of ether oxygens (including phenoxy) is 1. The topological polar surface area (TPSA) is 134 Å². The van der Waals surface area contributed by atoms with Crippen molar-refractivity contribution in [2.45, 2.75) is 38.8 Å². The van der Waals surface area contributed by atoms with Gasteiger partial charge in [0.2, 0.25) is 5.91 Å². The fourth-order valence-corrected chi connectivity index (χ4v) is 4.83. The fraction of sp³-hybridized carbons (Fsp3) is 0.474. The van der Waals surface area contributed by atoms with Crippen LogP contribution in [0.5, 0.6) is 0 Å². The van der Waals surface area contributed by atoms with Gasteiger partial charge in [0.15, 0.2) is 15.9 Å². The summed E-state index contributed by atoms with van der Waals surface area (Å²) in [6.07, 6.45) is -0.970. The van der Waals surface area contributed by atoms with Gasteiger partial charge in [0, 0.05) is 18.3 Å². The number of nitrogens with zero attached hydrogens (tertiary/aromatic N) is 2. The summed E-state index contributed by atoms with van der Waals surface area (Å²) < 4.78 is 28.6. The number of anilines is 1. The first-order valence-electron chi connectivity index (χ1n) is 9.15. The molecule has 2 atom stereocenters. The minimum absolute atomic E-state index is 0.0485. The number of carbonyl (C=O) groups excluding carboxylic acids is 3. The number of nitrogens with one attached hydrogen (secondary N) is 1. The van der Waals surface area contributed by atoms with E-state index in [0.29, 0.717) is 18.7 Å². The van der Waals surface area contributed by atoms with Gasteiger partial charge in [0.25, 0.3) is 5.91 Å². The summed E-state index contributed by atoms with van der Waals surface area (Å²) in [6.45, 7) is 3.51. The van der Waals surface area contributed by atoms with E-state index in [1.807, 2.05) is 0 Å². The summed E-state index contributed by atoms with van der Waals surface area (Å²) in [5.41, 5.74) is 0.611. The molecule has 0 saturated carbocycles. The molecule has 10 heteroatoms. The molecule has 1 aliphatic heterocycles. The number of esters is 1. The molecule has 1 aromatic carbocycles. The molecule has 29 heavy (non-hydrogen) atoms. The molecule has 9 nitrogen and oxygen atoms in total. The minimum Gasteiger partial charge on any atom is -0.449 e. The van der Waals surface area contributed by atoms with E-state index in [-0.39, 0.29) is 23.5 Å². The predicted octanol–water partition coefficient (Wildman–Crippen LogP) is 1.12. The highest BCUT2D eigenvalue weighted by atomic mass is 32.2. The third-order valence-corrected chi connectivity index (χ3v) is 6.30. The Morgan fingerprint density at radius 2 is 1.97 bits per heavy atom. The first-order chi connectivity index (χ1) is 13.7. The quantitative estimate of drug-likeness (QED) is 0.652. The van der Waals surface area contributed by atoms with Crippen LogP contribution in [0.15, 0.2) is 24.3 Å². The van der Waals surface area contributed by atoms with Gasteiger partial charge >= 0.3 is 5.97 Å². The number of sulfone groups is 1. The number of amides is 2.